The van der Waals surface area contributed by atoms with E-state index in [1.54, 1.807) is 11.8 Å². The Bertz CT molecular complexity index is 387. The Hall–Kier alpha value is -0.690. The number of aromatic nitrogens is 2. The molecule has 0 amide bonds. The number of thioether (sulfide) groups is 1. The summed E-state index contributed by atoms with van der Waals surface area (Å²) in [5.41, 5.74) is 1.16. The maximum Gasteiger partial charge on any atom is 0.187 e. The Labute approximate surface area is 119 Å². The van der Waals surface area contributed by atoms with Gasteiger partial charge in [-0.1, -0.05) is 11.8 Å². The molecule has 0 radical (unpaired) electrons. The largest absolute Gasteiger partial charge is 0.396 e. The molecule has 0 aliphatic carbocycles. The Balaban J connectivity index is 1.91. The van der Waals surface area contributed by atoms with Crippen LogP contribution in [0.15, 0.2) is 17.6 Å². The van der Waals surface area contributed by atoms with Crippen molar-refractivity contribution in [2.45, 2.75) is 24.2 Å². The Morgan fingerprint density at radius 1 is 1.37 bits per heavy atom. The summed E-state index contributed by atoms with van der Waals surface area (Å²) in [6.07, 6.45) is 6.65. The quantitative estimate of drug-likeness (QED) is 0.634. The highest BCUT2D eigenvalue weighted by atomic mass is 32.2. The third-order valence-electron chi connectivity index (χ3n) is 3.59. The summed E-state index contributed by atoms with van der Waals surface area (Å²) in [7, 11) is 2.13. The van der Waals surface area contributed by atoms with Crippen molar-refractivity contribution in [3.8, 4) is 0 Å². The molecule has 1 aromatic rings. The summed E-state index contributed by atoms with van der Waals surface area (Å²) in [4.78, 5) is 13.4. The molecule has 1 aliphatic rings. The number of aliphatic hydroxyl groups is 1. The van der Waals surface area contributed by atoms with Crippen LogP contribution in [0.2, 0.25) is 0 Å². The van der Waals surface area contributed by atoms with Crippen molar-refractivity contribution in [2.75, 3.05) is 39.5 Å². The van der Waals surface area contributed by atoms with Crippen LogP contribution in [0.4, 0.5) is 0 Å². The van der Waals surface area contributed by atoms with Crippen LogP contribution < -0.4 is 0 Å². The maximum atomic E-state index is 9.10. The van der Waals surface area contributed by atoms with E-state index in [-0.39, 0.29) is 6.61 Å². The normalized spacial score (nSPS) is 21.7. The summed E-state index contributed by atoms with van der Waals surface area (Å²) < 4.78 is 0. The molecule has 0 spiro atoms. The van der Waals surface area contributed by atoms with Crippen molar-refractivity contribution in [3.05, 3.63) is 18.0 Å². The van der Waals surface area contributed by atoms with E-state index >= 15 is 0 Å². The van der Waals surface area contributed by atoms with Gasteiger partial charge in [-0.2, -0.15) is 0 Å². The molecule has 106 valence electrons. The zero-order valence-electron chi connectivity index (χ0n) is 11.6. The van der Waals surface area contributed by atoms with Gasteiger partial charge in [0.2, 0.25) is 0 Å². The highest BCUT2D eigenvalue weighted by Gasteiger charge is 2.23. The first-order valence-electron chi connectivity index (χ1n) is 6.61. The van der Waals surface area contributed by atoms with Crippen molar-refractivity contribution < 1.29 is 5.11 Å². The third-order valence-corrected chi connectivity index (χ3v) is 4.17. The van der Waals surface area contributed by atoms with Gasteiger partial charge in [0.15, 0.2) is 5.16 Å². The van der Waals surface area contributed by atoms with E-state index in [4.69, 9.17) is 5.11 Å². The van der Waals surface area contributed by atoms with Gasteiger partial charge in [0, 0.05) is 56.8 Å². The lowest BCUT2D eigenvalue weighted by molar-refractivity contribution is 0.0741. The van der Waals surface area contributed by atoms with Gasteiger partial charge < -0.3 is 10.0 Å². The molecule has 5 nitrogen and oxygen atoms in total. The highest BCUT2D eigenvalue weighted by molar-refractivity contribution is 7.98. The molecule has 1 aromatic heterocycles. The zero-order chi connectivity index (χ0) is 13.7. The number of hydrogen-bond acceptors (Lipinski definition) is 6. The average molecular weight is 282 g/mol. The fourth-order valence-corrected chi connectivity index (χ4v) is 2.72. The van der Waals surface area contributed by atoms with Crippen LogP contribution in [0, 0.1) is 0 Å². The first-order chi connectivity index (χ1) is 9.22. The Morgan fingerprint density at radius 2 is 2.11 bits per heavy atom. The molecule has 0 unspecified atom stereocenters. The molecule has 1 fully saturated rings. The molecule has 1 atom stereocenters. The topological polar surface area (TPSA) is 52.5 Å². The van der Waals surface area contributed by atoms with Gasteiger partial charge in [-0.25, -0.2) is 9.97 Å². The van der Waals surface area contributed by atoms with Gasteiger partial charge in [-0.15, -0.1) is 0 Å². The van der Waals surface area contributed by atoms with Crippen molar-refractivity contribution in [2.24, 2.45) is 0 Å². The van der Waals surface area contributed by atoms with E-state index in [0.29, 0.717) is 6.04 Å². The molecule has 1 aliphatic heterocycles. The van der Waals surface area contributed by atoms with Crippen LogP contribution in [-0.2, 0) is 6.54 Å². The summed E-state index contributed by atoms with van der Waals surface area (Å²) in [5.74, 6) is 0. The molecule has 1 N–H and O–H groups in total. The fraction of sp³-hybridized carbons (Fsp3) is 0.692. The average Bonchev–Trinajstić information content (AvgIpc) is 2.44. The number of rotatable bonds is 5. The highest BCUT2D eigenvalue weighted by Crippen LogP contribution is 2.14. The van der Waals surface area contributed by atoms with Crippen molar-refractivity contribution in [1.29, 1.82) is 0 Å². The van der Waals surface area contributed by atoms with Crippen LogP contribution >= 0.6 is 11.8 Å². The van der Waals surface area contributed by atoms with Gasteiger partial charge >= 0.3 is 0 Å². The SMILES string of the molecule is CSc1ncc(CN2CCN(C)[C@H](CCO)C2)cn1. The fourth-order valence-electron chi connectivity index (χ4n) is 2.40. The second kappa shape index (κ2) is 7.19. The van der Waals surface area contributed by atoms with Gasteiger partial charge in [0.05, 0.1) is 0 Å². The summed E-state index contributed by atoms with van der Waals surface area (Å²) in [6, 6.07) is 0.449. The lowest BCUT2D eigenvalue weighted by atomic mass is 10.1. The number of hydrogen-bond donors (Lipinski definition) is 1. The number of piperazine rings is 1. The molecule has 19 heavy (non-hydrogen) atoms. The van der Waals surface area contributed by atoms with Crippen LogP contribution in [-0.4, -0.2) is 70.5 Å². The van der Waals surface area contributed by atoms with Crippen LogP contribution in [0.1, 0.15) is 12.0 Å². The molecular weight excluding hydrogens is 260 g/mol. The van der Waals surface area contributed by atoms with Gasteiger partial charge in [-0.3, -0.25) is 4.90 Å². The summed E-state index contributed by atoms with van der Waals surface area (Å²) in [5, 5.41) is 9.92. The van der Waals surface area contributed by atoms with Gasteiger partial charge in [0.25, 0.3) is 0 Å². The minimum Gasteiger partial charge on any atom is -0.396 e. The van der Waals surface area contributed by atoms with E-state index in [0.717, 1.165) is 43.3 Å². The molecule has 1 saturated heterocycles. The lowest BCUT2D eigenvalue weighted by Gasteiger charge is -2.39. The number of nitrogens with zero attached hydrogens (tertiary/aromatic N) is 4. The molecular formula is C13H22N4OS. The molecule has 2 rings (SSSR count). The summed E-state index contributed by atoms with van der Waals surface area (Å²) in [6.45, 7) is 4.26. The van der Waals surface area contributed by atoms with E-state index in [2.05, 4.69) is 26.8 Å². The molecule has 0 bridgehead atoms. The predicted molar refractivity (Wildman–Crippen MR) is 77.2 cm³/mol. The predicted octanol–water partition coefficient (Wildman–Crippen LogP) is 0.697. The van der Waals surface area contributed by atoms with Crippen molar-refractivity contribution in [1.82, 2.24) is 19.8 Å². The molecule has 0 saturated carbocycles. The summed E-state index contributed by atoms with van der Waals surface area (Å²) >= 11 is 1.56. The van der Waals surface area contributed by atoms with E-state index in [9.17, 15) is 0 Å². The first-order valence-corrected chi connectivity index (χ1v) is 7.83. The minimum absolute atomic E-state index is 0.258. The second-order valence-electron chi connectivity index (χ2n) is 4.96. The lowest BCUT2D eigenvalue weighted by Crippen LogP contribution is -2.51. The van der Waals surface area contributed by atoms with Gasteiger partial charge in [0.1, 0.15) is 0 Å². The minimum atomic E-state index is 0.258. The van der Waals surface area contributed by atoms with Crippen molar-refractivity contribution in [3.63, 3.8) is 0 Å². The molecule has 2 heterocycles. The maximum absolute atomic E-state index is 9.10. The Kier molecular flexibility index (Phi) is 5.57. The first kappa shape index (κ1) is 14.7. The molecule has 6 heteroatoms. The van der Waals surface area contributed by atoms with Crippen LogP contribution in [0.5, 0.6) is 0 Å². The van der Waals surface area contributed by atoms with Gasteiger partial charge in [-0.05, 0) is 19.7 Å². The van der Waals surface area contributed by atoms with Crippen LogP contribution in [0.3, 0.4) is 0 Å². The molecule has 0 aromatic carbocycles. The third kappa shape index (κ3) is 4.14. The van der Waals surface area contributed by atoms with E-state index < -0.39 is 0 Å². The monoisotopic (exact) mass is 282 g/mol. The van der Waals surface area contributed by atoms with E-state index in [1.807, 2.05) is 18.6 Å². The van der Waals surface area contributed by atoms with E-state index in [1.165, 1.54) is 0 Å². The van der Waals surface area contributed by atoms with Crippen LogP contribution in [0.25, 0.3) is 0 Å². The second-order valence-corrected chi connectivity index (χ2v) is 5.73. The van der Waals surface area contributed by atoms with Crippen molar-refractivity contribution >= 4 is 11.8 Å². The standard InChI is InChI=1S/C13H22N4OS/c1-16-4-5-17(10-12(16)3-6-18)9-11-7-14-13(19-2)15-8-11/h7-8,12,18H,3-6,9-10H2,1-2H3/t12-/m1/s1. The number of aliphatic hydroxyl groups excluding tert-OH is 1. The zero-order valence-corrected chi connectivity index (χ0v) is 12.4. The number of likely N-dealkylation sites (N-methyl/N-ethyl adjacent to an activating group) is 1. The Morgan fingerprint density at radius 3 is 2.74 bits per heavy atom. The smallest absolute Gasteiger partial charge is 0.187 e.